The third kappa shape index (κ3) is 6.71. The number of benzene rings is 1. The van der Waals surface area contributed by atoms with Gasteiger partial charge in [-0.05, 0) is 31.0 Å². The van der Waals surface area contributed by atoms with Gasteiger partial charge in [-0.1, -0.05) is 58.2 Å². The molecule has 0 aliphatic carbocycles. The zero-order chi connectivity index (χ0) is 24.9. The molecule has 1 aliphatic rings. The fourth-order valence-corrected chi connectivity index (χ4v) is 4.29. The Kier molecular flexibility index (Phi) is 9.34. The van der Waals surface area contributed by atoms with Crippen LogP contribution >= 0.6 is 11.6 Å². The first kappa shape index (κ1) is 27.1. The molecule has 10 heteroatoms. The predicted molar refractivity (Wildman–Crippen MR) is 133 cm³/mol. The van der Waals surface area contributed by atoms with Gasteiger partial charge >= 0.3 is 6.03 Å². The van der Waals surface area contributed by atoms with Crippen molar-refractivity contribution in [1.82, 2.24) is 14.1 Å². The van der Waals surface area contributed by atoms with E-state index in [9.17, 15) is 18.4 Å². The lowest BCUT2D eigenvalue weighted by atomic mass is 9.94. The highest BCUT2D eigenvalue weighted by molar-refractivity contribution is 7.77. The molecule has 1 aromatic carbocycles. The van der Waals surface area contributed by atoms with E-state index in [2.05, 4.69) is 0 Å². The van der Waals surface area contributed by atoms with Gasteiger partial charge in [0, 0.05) is 48.7 Å². The highest BCUT2D eigenvalue weighted by Gasteiger charge is 2.32. The van der Waals surface area contributed by atoms with Gasteiger partial charge in [0.05, 0.1) is 0 Å². The molecule has 33 heavy (non-hydrogen) atoms. The number of amides is 3. The Labute approximate surface area is 204 Å². The van der Waals surface area contributed by atoms with Crippen LogP contribution in [0.5, 0.6) is 0 Å². The largest absolute Gasteiger partial charge is 0.351 e. The van der Waals surface area contributed by atoms with Gasteiger partial charge in [0.1, 0.15) is 6.17 Å². The third-order valence-corrected chi connectivity index (χ3v) is 6.68. The highest BCUT2D eigenvalue weighted by atomic mass is 35.5. The number of unbranched alkanes of at least 4 members (excludes halogenated alkanes) is 2. The second-order valence-corrected chi connectivity index (χ2v) is 10.5. The van der Waals surface area contributed by atoms with E-state index in [-0.39, 0.29) is 18.6 Å². The minimum Gasteiger partial charge on any atom is -0.351 e. The lowest BCUT2D eigenvalue weighted by Gasteiger charge is -2.31. The normalized spacial score (nSPS) is 16.8. The molecule has 184 valence electrons. The van der Waals surface area contributed by atoms with Crippen LogP contribution in [0.15, 0.2) is 30.6 Å². The molecule has 8 nitrogen and oxygen atoms in total. The summed E-state index contributed by atoms with van der Waals surface area (Å²) in [5.41, 5.74) is 1.04. The fraction of sp³-hybridized carbons (Fsp3) is 0.565. The Bertz CT molecular complexity index is 918. The lowest BCUT2D eigenvalue weighted by Crippen LogP contribution is -2.47. The van der Waals surface area contributed by atoms with Gasteiger partial charge in [0.2, 0.25) is 5.91 Å². The maximum absolute atomic E-state index is 12.9. The van der Waals surface area contributed by atoms with Crippen molar-refractivity contribution in [3.63, 3.8) is 0 Å². The second-order valence-electron chi connectivity index (χ2n) is 9.22. The molecule has 1 heterocycles. The molecule has 2 rings (SSSR count). The van der Waals surface area contributed by atoms with Crippen LogP contribution in [0.1, 0.15) is 59.4 Å². The molecule has 0 radical (unpaired) electrons. The van der Waals surface area contributed by atoms with E-state index >= 15 is 0 Å². The Balaban J connectivity index is 2.09. The molecular formula is C23H35ClN4O4S. The third-order valence-electron chi connectivity index (χ3n) is 5.61. The average Bonchev–Trinajstić information content (AvgIpc) is 3.10. The average molecular weight is 499 g/mol. The Hall–Kier alpha value is -2.10. The standard InChI is InChI=1S/C23H35ClN4O4S/c1-7-8-9-12-28(33(31)32)22(30)27-14-13-26(17(27)2)16-18-10-11-19(15-20(18)24)25(6)21(29)23(3,4)5/h10-11,13-15,17H,7-9,12,16H2,1-6H3,(H,31,32). The summed E-state index contributed by atoms with van der Waals surface area (Å²) in [6.07, 6.45) is 5.53. The minimum absolute atomic E-state index is 0.0127. The van der Waals surface area contributed by atoms with Crippen LogP contribution < -0.4 is 4.90 Å². The topological polar surface area (TPSA) is 84.4 Å². The number of halogens is 1. The SMILES string of the molecule is CCCCCN(C(=O)N1C=CN(Cc2ccc(N(C)C(=O)C(C)(C)C)cc2Cl)C1C)S(=O)O. The van der Waals surface area contributed by atoms with Crippen molar-refractivity contribution in [3.05, 3.63) is 41.2 Å². The number of carbonyl (C=O) groups is 2. The van der Waals surface area contributed by atoms with E-state index in [4.69, 9.17) is 11.6 Å². The summed E-state index contributed by atoms with van der Waals surface area (Å²) in [4.78, 5) is 30.4. The number of urea groups is 1. The molecular weight excluding hydrogens is 464 g/mol. The molecule has 0 spiro atoms. The monoisotopic (exact) mass is 498 g/mol. The van der Waals surface area contributed by atoms with Crippen molar-refractivity contribution in [2.24, 2.45) is 5.41 Å². The summed E-state index contributed by atoms with van der Waals surface area (Å²) in [6.45, 7) is 10.1. The van der Waals surface area contributed by atoms with Crippen molar-refractivity contribution < 1.29 is 18.4 Å². The number of hydrogen-bond donors (Lipinski definition) is 1. The molecule has 1 N–H and O–H groups in total. The smallest absolute Gasteiger partial charge is 0.339 e. The van der Waals surface area contributed by atoms with Crippen molar-refractivity contribution >= 4 is 40.5 Å². The predicted octanol–water partition coefficient (Wildman–Crippen LogP) is 5.03. The molecule has 1 aliphatic heterocycles. The van der Waals surface area contributed by atoms with Crippen LogP contribution in [0, 0.1) is 5.41 Å². The van der Waals surface area contributed by atoms with Gasteiger partial charge < -0.3 is 9.80 Å². The second kappa shape index (κ2) is 11.4. The van der Waals surface area contributed by atoms with E-state index < -0.39 is 22.7 Å². The zero-order valence-corrected chi connectivity index (χ0v) is 21.8. The summed E-state index contributed by atoms with van der Waals surface area (Å²) < 4.78 is 22.3. The number of carbonyl (C=O) groups excluding carboxylic acids is 2. The maximum Gasteiger partial charge on any atom is 0.339 e. The Morgan fingerprint density at radius 3 is 2.42 bits per heavy atom. The van der Waals surface area contributed by atoms with Gasteiger partial charge in [0.25, 0.3) is 11.3 Å². The van der Waals surface area contributed by atoms with Gasteiger partial charge in [0.15, 0.2) is 0 Å². The summed E-state index contributed by atoms with van der Waals surface area (Å²) in [5.74, 6) is -0.0127. The summed E-state index contributed by atoms with van der Waals surface area (Å²) in [5, 5.41) is 0.518. The van der Waals surface area contributed by atoms with Crippen molar-refractivity contribution in [3.8, 4) is 0 Å². The van der Waals surface area contributed by atoms with Crippen molar-refractivity contribution in [2.45, 2.75) is 66.6 Å². The van der Waals surface area contributed by atoms with Crippen LogP contribution in [0.4, 0.5) is 10.5 Å². The van der Waals surface area contributed by atoms with E-state index in [1.54, 1.807) is 30.4 Å². The number of hydrogen-bond acceptors (Lipinski definition) is 4. The molecule has 0 bridgehead atoms. The first-order chi connectivity index (χ1) is 15.4. The number of anilines is 1. The minimum atomic E-state index is -2.38. The van der Waals surface area contributed by atoms with Gasteiger partial charge in [-0.25, -0.2) is 13.3 Å². The van der Waals surface area contributed by atoms with E-state index in [1.165, 1.54) is 4.90 Å². The maximum atomic E-state index is 12.9. The van der Waals surface area contributed by atoms with Crippen molar-refractivity contribution in [2.75, 3.05) is 18.5 Å². The molecule has 0 aromatic heterocycles. The molecule has 1 aromatic rings. The summed E-state index contributed by atoms with van der Waals surface area (Å²) in [7, 11) is 1.73. The zero-order valence-electron chi connectivity index (χ0n) is 20.2. The Morgan fingerprint density at radius 1 is 1.21 bits per heavy atom. The molecule has 0 saturated carbocycles. The molecule has 0 saturated heterocycles. The first-order valence-corrected chi connectivity index (χ1v) is 12.5. The summed E-state index contributed by atoms with van der Waals surface area (Å²) in [6, 6.07) is 4.97. The van der Waals surface area contributed by atoms with Gasteiger partial charge in [-0.15, -0.1) is 0 Å². The lowest BCUT2D eigenvalue weighted by molar-refractivity contribution is -0.125. The van der Waals surface area contributed by atoms with E-state index in [0.717, 1.165) is 22.7 Å². The van der Waals surface area contributed by atoms with Crippen LogP contribution in [-0.4, -0.2) is 54.6 Å². The molecule has 0 fully saturated rings. The first-order valence-electron chi connectivity index (χ1n) is 11.1. The van der Waals surface area contributed by atoms with Crippen LogP contribution in [-0.2, 0) is 22.6 Å². The Morgan fingerprint density at radius 2 is 1.88 bits per heavy atom. The molecule has 3 amide bonds. The summed E-state index contributed by atoms with van der Waals surface area (Å²) >= 11 is 4.15. The quantitative estimate of drug-likeness (QED) is 0.401. The van der Waals surface area contributed by atoms with Gasteiger partial charge in [-0.3, -0.25) is 14.2 Å². The molecule has 2 atom stereocenters. The van der Waals surface area contributed by atoms with Crippen molar-refractivity contribution in [1.29, 1.82) is 0 Å². The van der Waals surface area contributed by atoms with Crippen LogP contribution in [0.2, 0.25) is 5.02 Å². The van der Waals surface area contributed by atoms with Gasteiger partial charge in [-0.2, -0.15) is 0 Å². The van der Waals surface area contributed by atoms with E-state index in [1.807, 2.05) is 51.7 Å². The number of rotatable bonds is 8. The van der Waals surface area contributed by atoms with Crippen LogP contribution in [0.25, 0.3) is 0 Å². The van der Waals surface area contributed by atoms with Crippen LogP contribution in [0.3, 0.4) is 0 Å². The number of nitrogens with zero attached hydrogens (tertiary/aromatic N) is 4. The van der Waals surface area contributed by atoms with E-state index in [0.29, 0.717) is 23.7 Å². The fourth-order valence-electron chi connectivity index (χ4n) is 3.54. The molecule has 2 unspecified atom stereocenters. The highest BCUT2D eigenvalue weighted by Crippen LogP contribution is 2.29.